The van der Waals surface area contributed by atoms with E-state index in [2.05, 4.69) is 19.9 Å². The molecule has 0 heterocycles. The first kappa shape index (κ1) is 12.9. The van der Waals surface area contributed by atoms with Gasteiger partial charge in [-0.15, -0.1) is 0 Å². The van der Waals surface area contributed by atoms with Crippen LogP contribution in [0, 0.1) is 0 Å². The lowest BCUT2D eigenvalue weighted by Gasteiger charge is -2.04. The molecular formula is C12H20O2. The normalized spacial score (nSPS) is 12.0. The van der Waals surface area contributed by atoms with Gasteiger partial charge in [0, 0.05) is 5.57 Å². The maximum atomic E-state index is 10.8. The summed E-state index contributed by atoms with van der Waals surface area (Å²) in [6.07, 6.45) is 4.53. The molecule has 0 aromatic carbocycles. The van der Waals surface area contributed by atoms with E-state index in [0.29, 0.717) is 12.0 Å². The number of allylic oxidation sites excluding steroid dienone is 3. The number of aliphatic carboxylic acids is 1. The predicted octanol–water partition coefficient (Wildman–Crippen LogP) is 3.54. The average molecular weight is 196 g/mol. The number of hydrogen-bond acceptors (Lipinski definition) is 1. The molecule has 0 aliphatic rings. The van der Waals surface area contributed by atoms with Gasteiger partial charge in [-0.05, 0) is 40.0 Å². The van der Waals surface area contributed by atoms with E-state index in [9.17, 15) is 4.79 Å². The van der Waals surface area contributed by atoms with E-state index in [1.165, 1.54) is 5.57 Å². The highest BCUT2D eigenvalue weighted by atomic mass is 16.4. The van der Waals surface area contributed by atoms with Gasteiger partial charge in [0.15, 0.2) is 0 Å². The van der Waals surface area contributed by atoms with Gasteiger partial charge in [-0.1, -0.05) is 24.1 Å². The smallest absolute Gasteiger partial charge is 0.331 e. The molecule has 0 aromatic rings. The van der Waals surface area contributed by atoms with Gasteiger partial charge in [0.25, 0.3) is 0 Å². The SMILES string of the molecule is CC/C(C(=O)O)=C(/C)CCC=C(C)C. The van der Waals surface area contributed by atoms with E-state index in [4.69, 9.17) is 5.11 Å². The summed E-state index contributed by atoms with van der Waals surface area (Å²) in [5.74, 6) is -0.776. The van der Waals surface area contributed by atoms with Crippen LogP contribution in [0.4, 0.5) is 0 Å². The molecule has 0 saturated carbocycles. The molecule has 0 aliphatic carbocycles. The summed E-state index contributed by atoms with van der Waals surface area (Å²) in [4.78, 5) is 10.8. The first-order valence-corrected chi connectivity index (χ1v) is 5.04. The number of carboxylic acid groups (broad SMARTS) is 1. The summed E-state index contributed by atoms with van der Waals surface area (Å²) < 4.78 is 0. The molecule has 0 spiro atoms. The largest absolute Gasteiger partial charge is 0.478 e. The van der Waals surface area contributed by atoms with Crippen LogP contribution in [0.25, 0.3) is 0 Å². The Hall–Kier alpha value is -1.05. The Bertz CT molecular complexity index is 255. The zero-order chi connectivity index (χ0) is 11.1. The Morgan fingerprint density at radius 2 is 1.86 bits per heavy atom. The van der Waals surface area contributed by atoms with Crippen molar-refractivity contribution >= 4 is 5.97 Å². The monoisotopic (exact) mass is 196 g/mol. The number of carbonyl (C=O) groups is 1. The number of hydrogen-bond donors (Lipinski definition) is 1. The predicted molar refractivity (Wildman–Crippen MR) is 59.3 cm³/mol. The molecule has 2 nitrogen and oxygen atoms in total. The molecule has 0 aliphatic heterocycles. The molecule has 0 radical (unpaired) electrons. The molecule has 14 heavy (non-hydrogen) atoms. The molecule has 0 unspecified atom stereocenters. The molecule has 1 N–H and O–H groups in total. The van der Waals surface area contributed by atoms with Crippen molar-refractivity contribution in [2.24, 2.45) is 0 Å². The highest BCUT2D eigenvalue weighted by Gasteiger charge is 2.07. The summed E-state index contributed by atoms with van der Waals surface area (Å²) in [5, 5.41) is 8.88. The standard InChI is InChI=1S/C12H20O2/c1-5-11(12(13)14)10(4)8-6-7-9(2)3/h7H,5-6,8H2,1-4H3,(H,13,14)/b11-10+. The highest BCUT2D eigenvalue weighted by molar-refractivity contribution is 5.87. The van der Waals surface area contributed by atoms with E-state index >= 15 is 0 Å². The Balaban J connectivity index is 4.35. The van der Waals surface area contributed by atoms with Crippen LogP contribution in [-0.4, -0.2) is 11.1 Å². The van der Waals surface area contributed by atoms with Crippen molar-refractivity contribution in [3.05, 3.63) is 22.8 Å². The quantitative estimate of drug-likeness (QED) is 0.539. The van der Waals surface area contributed by atoms with Gasteiger partial charge in [-0.25, -0.2) is 4.79 Å². The molecular weight excluding hydrogens is 176 g/mol. The zero-order valence-electron chi connectivity index (χ0n) is 9.55. The maximum Gasteiger partial charge on any atom is 0.331 e. The van der Waals surface area contributed by atoms with Gasteiger partial charge < -0.3 is 5.11 Å². The third-order valence-electron chi connectivity index (χ3n) is 2.20. The minimum atomic E-state index is -0.776. The molecule has 80 valence electrons. The Morgan fingerprint density at radius 1 is 1.29 bits per heavy atom. The molecule has 0 bridgehead atoms. The second kappa shape index (κ2) is 6.41. The topological polar surface area (TPSA) is 37.3 Å². The molecule has 2 heteroatoms. The third kappa shape index (κ3) is 4.85. The van der Waals surface area contributed by atoms with Crippen molar-refractivity contribution in [3.63, 3.8) is 0 Å². The second-order valence-corrected chi connectivity index (χ2v) is 3.74. The van der Waals surface area contributed by atoms with E-state index in [-0.39, 0.29) is 0 Å². The van der Waals surface area contributed by atoms with Crippen LogP contribution in [0.1, 0.15) is 47.0 Å². The lowest BCUT2D eigenvalue weighted by atomic mass is 10.0. The summed E-state index contributed by atoms with van der Waals surface area (Å²) in [5.41, 5.74) is 2.84. The van der Waals surface area contributed by atoms with Crippen LogP contribution in [0.5, 0.6) is 0 Å². The number of carboxylic acids is 1. The van der Waals surface area contributed by atoms with Crippen LogP contribution < -0.4 is 0 Å². The van der Waals surface area contributed by atoms with Crippen LogP contribution >= 0.6 is 0 Å². The molecule has 0 rings (SSSR count). The fourth-order valence-corrected chi connectivity index (χ4v) is 1.36. The van der Waals surface area contributed by atoms with Crippen molar-refractivity contribution < 1.29 is 9.90 Å². The van der Waals surface area contributed by atoms with Crippen LogP contribution in [-0.2, 0) is 4.79 Å². The fraction of sp³-hybridized carbons (Fsp3) is 0.583. The Labute approximate surface area is 86.3 Å². The van der Waals surface area contributed by atoms with E-state index in [0.717, 1.165) is 18.4 Å². The van der Waals surface area contributed by atoms with E-state index < -0.39 is 5.97 Å². The minimum Gasteiger partial charge on any atom is -0.478 e. The summed E-state index contributed by atoms with van der Waals surface area (Å²) in [6.45, 7) is 7.90. The lowest BCUT2D eigenvalue weighted by molar-refractivity contribution is -0.132. The van der Waals surface area contributed by atoms with Gasteiger partial charge in [0.1, 0.15) is 0 Å². The summed E-state index contributed by atoms with van der Waals surface area (Å²) in [6, 6.07) is 0. The van der Waals surface area contributed by atoms with Crippen LogP contribution in [0.2, 0.25) is 0 Å². The molecule has 0 aromatic heterocycles. The number of rotatable bonds is 5. The highest BCUT2D eigenvalue weighted by Crippen LogP contribution is 2.14. The van der Waals surface area contributed by atoms with Crippen molar-refractivity contribution in [1.82, 2.24) is 0 Å². The Kier molecular flexibility index (Phi) is 5.93. The van der Waals surface area contributed by atoms with Crippen molar-refractivity contribution in [3.8, 4) is 0 Å². The third-order valence-corrected chi connectivity index (χ3v) is 2.20. The maximum absolute atomic E-state index is 10.8. The average Bonchev–Trinajstić information content (AvgIpc) is 2.03. The fourth-order valence-electron chi connectivity index (χ4n) is 1.36. The Morgan fingerprint density at radius 3 is 2.21 bits per heavy atom. The molecule has 0 saturated heterocycles. The van der Waals surface area contributed by atoms with E-state index in [1.807, 2.05) is 13.8 Å². The van der Waals surface area contributed by atoms with Crippen LogP contribution in [0.15, 0.2) is 22.8 Å². The van der Waals surface area contributed by atoms with Crippen molar-refractivity contribution in [1.29, 1.82) is 0 Å². The van der Waals surface area contributed by atoms with Gasteiger partial charge in [-0.2, -0.15) is 0 Å². The van der Waals surface area contributed by atoms with Crippen molar-refractivity contribution in [2.45, 2.75) is 47.0 Å². The molecule has 0 atom stereocenters. The van der Waals surface area contributed by atoms with Gasteiger partial charge in [0.2, 0.25) is 0 Å². The van der Waals surface area contributed by atoms with Crippen LogP contribution in [0.3, 0.4) is 0 Å². The van der Waals surface area contributed by atoms with Gasteiger partial charge in [0.05, 0.1) is 0 Å². The van der Waals surface area contributed by atoms with E-state index in [1.54, 1.807) is 0 Å². The van der Waals surface area contributed by atoms with Gasteiger partial charge >= 0.3 is 5.97 Å². The second-order valence-electron chi connectivity index (χ2n) is 3.74. The lowest BCUT2D eigenvalue weighted by Crippen LogP contribution is -2.02. The molecule has 0 fully saturated rings. The minimum absolute atomic E-state index is 0.562. The molecule has 0 amide bonds. The van der Waals surface area contributed by atoms with Crippen molar-refractivity contribution in [2.75, 3.05) is 0 Å². The summed E-state index contributed by atoms with van der Waals surface area (Å²) >= 11 is 0. The first-order valence-electron chi connectivity index (χ1n) is 5.04. The summed E-state index contributed by atoms with van der Waals surface area (Å²) in [7, 11) is 0. The first-order chi connectivity index (χ1) is 6.49. The van der Waals surface area contributed by atoms with Gasteiger partial charge in [-0.3, -0.25) is 0 Å². The zero-order valence-corrected chi connectivity index (χ0v) is 9.55.